The van der Waals surface area contributed by atoms with Crippen LogP contribution in [0.25, 0.3) is 0 Å². The first-order valence-electron chi connectivity index (χ1n) is 10.1. The van der Waals surface area contributed by atoms with Gasteiger partial charge in [0.15, 0.2) is 4.77 Å². The summed E-state index contributed by atoms with van der Waals surface area (Å²) in [5.74, 6) is 0.678. The standard InChI is InChI=1S/C20H29FN6O2S/c1-12(2)18-24-25-20(30)27(18)8-7-22-19(28)23-15-5-6-17(16(21)9-15)26-10-13(3)29-14(4)11-26/h5-6,9,12-14H,7-8,10-11H2,1-4H3,(H,25,30)(H2,22,23,28)/t13-,14-/m0/s1. The highest BCUT2D eigenvalue weighted by Crippen LogP contribution is 2.26. The van der Waals surface area contributed by atoms with Crippen molar-refractivity contribution in [3.05, 3.63) is 34.6 Å². The van der Waals surface area contributed by atoms with Crippen molar-refractivity contribution < 1.29 is 13.9 Å². The van der Waals surface area contributed by atoms with E-state index in [0.717, 1.165) is 5.82 Å². The van der Waals surface area contributed by atoms with E-state index in [1.807, 2.05) is 37.2 Å². The molecule has 1 aromatic carbocycles. The van der Waals surface area contributed by atoms with Crippen molar-refractivity contribution in [1.82, 2.24) is 20.1 Å². The quantitative estimate of drug-likeness (QED) is 0.602. The van der Waals surface area contributed by atoms with Gasteiger partial charge in [0.25, 0.3) is 0 Å². The molecule has 30 heavy (non-hydrogen) atoms. The minimum Gasteiger partial charge on any atom is -0.372 e. The average molecular weight is 437 g/mol. The number of nitrogens with zero attached hydrogens (tertiary/aromatic N) is 3. The van der Waals surface area contributed by atoms with Crippen LogP contribution in [0.15, 0.2) is 18.2 Å². The molecule has 3 rings (SSSR count). The second-order valence-corrected chi connectivity index (χ2v) is 8.29. The SMILES string of the molecule is CC(C)c1n[nH]c(=S)n1CCNC(=O)Nc1ccc(N2C[C@H](C)O[C@@H](C)C2)c(F)c1. The number of aromatic nitrogens is 3. The van der Waals surface area contributed by atoms with Gasteiger partial charge in [-0.25, -0.2) is 9.18 Å². The topological polar surface area (TPSA) is 87.2 Å². The number of urea groups is 1. The average Bonchev–Trinajstić information content (AvgIpc) is 3.02. The number of carbonyl (C=O) groups excluding carboxylic acids is 1. The van der Waals surface area contributed by atoms with E-state index in [2.05, 4.69) is 20.8 Å². The zero-order valence-corrected chi connectivity index (χ0v) is 18.6. The molecule has 0 bridgehead atoms. The number of carbonyl (C=O) groups is 1. The first-order valence-corrected chi connectivity index (χ1v) is 10.5. The zero-order valence-electron chi connectivity index (χ0n) is 17.7. The Kier molecular flexibility index (Phi) is 7.09. The Labute approximate surface area is 180 Å². The maximum atomic E-state index is 14.7. The van der Waals surface area contributed by atoms with Gasteiger partial charge in [0.05, 0.1) is 17.9 Å². The van der Waals surface area contributed by atoms with Crippen LogP contribution in [0, 0.1) is 10.6 Å². The molecular weight excluding hydrogens is 407 g/mol. The largest absolute Gasteiger partial charge is 0.372 e. The summed E-state index contributed by atoms with van der Waals surface area (Å²) in [5, 5.41) is 12.4. The van der Waals surface area contributed by atoms with Gasteiger partial charge < -0.3 is 24.8 Å². The second-order valence-electron chi connectivity index (χ2n) is 7.90. The van der Waals surface area contributed by atoms with Gasteiger partial charge in [0.1, 0.15) is 11.6 Å². The summed E-state index contributed by atoms with van der Waals surface area (Å²) in [6.45, 7) is 10.1. The first-order chi connectivity index (χ1) is 14.2. The van der Waals surface area contributed by atoms with Gasteiger partial charge in [-0.05, 0) is 44.3 Å². The van der Waals surface area contributed by atoms with Crippen LogP contribution in [0.2, 0.25) is 0 Å². The summed E-state index contributed by atoms with van der Waals surface area (Å²) in [6, 6.07) is 4.32. The lowest BCUT2D eigenvalue weighted by atomic mass is 10.2. The molecule has 2 aromatic rings. The maximum absolute atomic E-state index is 14.7. The molecule has 1 aromatic heterocycles. The predicted molar refractivity (Wildman–Crippen MR) is 117 cm³/mol. The Morgan fingerprint density at radius 3 is 2.70 bits per heavy atom. The van der Waals surface area contributed by atoms with E-state index in [4.69, 9.17) is 17.0 Å². The van der Waals surface area contributed by atoms with Crippen molar-refractivity contribution in [3.8, 4) is 0 Å². The molecule has 3 N–H and O–H groups in total. The normalized spacial score (nSPS) is 19.2. The number of hydrogen-bond acceptors (Lipinski definition) is 5. The lowest BCUT2D eigenvalue weighted by Crippen LogP contribution is -2.45. The summed E-state index contributed by atoms with van der Waals surface area (Å²) >= 11 is 5.23. The van der Waals surface area contributed by atoms with Gasteiger partial charge in [-0.3, -0.25) is 5.10 Å². The number of nitrogens with one attached hydrogen (secondary N) is 3. The Hall–Kier alpha value is -2.46. The molecule has 0 spiro atoms. The van der Waals surface area contributed by atoms with Gasteiger partial charge in [-0.2, -0.15) is 5.10 Å². The molecule has 164 valence electrons. The molecule has 0 unspecified atom stereocenters. The number of benzene rings is 1. The zero-order chi connectivity index (χ0) is 21.8. The molecule has 2 amide bonds. The van der Waals surface area contributed by atoms with E-state index in [-0.39, 0.29) is 23.9 Å². The van der Waals surface area contributed by atoms with E-state index in [0.29, 0.717) is 42.3 Å². The van der Waals surface area contributed by atoms with Crippen LogP contribution in [0.5, 0.6) is 0 Å². The molecule has 2 atom stereocenters. The monoisotopic (exact) mass is 436 g/mol. The molecule has 8 nitrogen and oxygen atoms in total. The number of rotatable bonds is 6. The third-order valence-electron chi connectivity index (χ3n) is 4.89. The van der Waals surface area contributed by atoms with Crippen molar-refractivity contribution in [1.29, 1.82) is 0 Å². The number of H-pyrrole nitrogens is 1. The molecule has 1 fully saturated rings. The summed E-state index contributed by atoms with van der Waals surface area (Å²) in [4.78, 5) is 14.2. The van der Waals surface area contributed by atoms with Gasteiger partial charge >= 0.3 is 6.03 Å². The molecule has 1 aliphatic rings. The van der Waals surface area contributed by atoms with E-state index >= 15 is 0 Å². The minimum atomic E-state index is -0.406. The molecule has 2 heterocycles. The molecule has 0 saturated carbocycles. The van der Waals surface area contributed by atoms with Crippen LogP contribution in [-0.4, -0.2) is 52.6 Å². The Morgan fingerprint density at radius 2 is 2.07 bits per heavy atom. The van der Waals surface area contributed by atoms with Crippen molar-refractivity contribution in [2.45, 2.75) is 52.4 Å². The lowest BCUT2D eigenvalue weighted by molar-refractivity contribution is -0.00539. The van der Waals surface area contributed by atoms with Crippen molar-refractivity contribution >= 4 is 29.6 Å². The van der Waals surface area contributed by atoms with Gasteiger partial charge in [-0.15, -0.1) is 0 Å². The van der Waals surface area contributed by atoms with E-state index < -0.39 is 6.03 Å². The number of ether oxygens (including phenoxy) is 1. The van der Waals surface area contributed by atoms with Crippen LogP contribution >= 0.6 is 12.2 Å². The van der Waals surface area contributed by atoms with Crippen LogP contribution in [0.1, 0.15) is 39.4 Å². The second kappa shape index (κ2) is 9.57. The highest BCUT2D eigenvalue weighted by Gasteiger charge is 2.24. The number of morpholine rings is 1. The molecule has 10 heteroatoms. The fraction of sp³-hybridized carbons (Fsp3) is 0.550. The van der Waals surface area contributed by atoms with Crippen molar-refractivity contribution in [2.24, 2.45) is 0 Å². The maximum Gasteiger partial charge on any atom is 0.319 e. The van der Waals surface area contributed by atoms with E-state index in [1.165, 1.54) is 6.07 Å². The van der Waals surface area contributed by atoms with Gasteiger partial charge in [0, 0.05) is 37.8 Å². The van der Waals surface area contributed by atoms with Crippen LogP contribution in [0.4, 0.5) is 20.6 Å². The fourth-order valence-electron chi connectivity index (χ4n) is 3.66. The highest BCUT2D eigenvalue weighted by molar-refractivity contribution is 7.71. The minimum absolute atomic E-state index is 0.0386. The van der Waals surface area contributed by atoms with Crippen LogP contribution in [-0.2, 0) is 11.3 Å². The molecule has 1 saturated heterocycles. The fourth-order valence-corrected chi connectivity index (χ4v) is 3.89. The first kappa shape index (κ1) is 22.2. The Balaban J connectivity index is 1.55. The van der Waals surface area contributed by atoms with Crippen molar-refractivity contribution in [2.75, 3.05) is 29.9 Å². The summed E-state index contributed by atoms with van der Waals surface area (Å²) in [6.07, 6.45) is 0.0772. The van der Waals surface area contributed by atoms with Gasteiger partial charge in [0.2, 0.25) is 0 Å². The molecule has 1 aliphatic heterocycles. The molecule has 0 radical (unpaired) electrons. The summed E-state index contributed by atoms with van der Waals surface area (Å²) in [5.41, 5.74) is 0.907. The van der Waals surface area contributed by atoms with Gasteiger partial charge in [-0.1, -0.05) is 13.8 Å². The summed E-state index contributed by atoms with van der Waals surface area (Å²) < 4.78 is 22.7. The third-order valence-corrected chi connectivity index (χ3v) is 5.20. The Bertz CT molecular complexity index is 934. The lowest BCUT2D eigenvalue weighted by Gasteiger charge is -2.37. The van der Waals surface area contributed by atoms with Crippen LogP contribution in [0.3, 0.4) is 0 Å². The molecular formula is C20H29FN6O2S. The molecule has 0 aliphatic carbocycles. The smallest absolute Gasteiger partial charge is 0.319 e. The number of halogens is 1. The number of anilines is 2. The number of amides is 2. The Morgan fingerprint density at radius 1 is 1.37 bits per heavy atom. The number of hydrogen-bond donors (Lipinski definition) is 3. The van der Waals surface area contributed by atoms with E-state index in [1.54, 1.807) is 12.1 Å². The van der Waals surface area contributed by atoms with E-state index in [9.17, 15) is 9.18 Å². The summed E-state index contributed by atoms with van der Waals surface area (Å²) in [7, 11) is 0. The van der Waals surface area contributed by atoms with Crippen molar-refractivity contribution in [3.63, 3.8) is 0 Å². The third kappa shape index (κ3) is 5.37. The highest BCUT2D eigenvalue weighted by atomic mass is 32.1. The van der Waals surface area contributed by atoms with Crippen LogP contribution < -0.4 is 15.5 Å². The number of aromatic amines is 1. The predicted octanol–water partition coefficient (Wildman–Crippen LogP) is 3.64.